The molecule has 1 saturated carbocycles. The van der Waals surface area contributed by atoms with E-state index in [2.05, 4.69) is 25.9 Å². The molecule has 1 fully saturated rings. The number of amidine groups is 1. The van der Waals surface area contributed by atoms with E-state index in [1.54, 1.807) is 24.3 Å². The number of nitrogens with zero attached hydrogens (tertiary/aromatic N) is 3. The Balaban J connectivity index is 1.27. The molecule has 5 rings (SSSR count). The highest BCUT2D eigenvalue weighted by Crippen LogP contribution is 2.32. The largest absolute Gasteiger partial charge is 0.478 e. The Morgan fingerprint density at radius 2 is 1.61 bits per heavy atom. The summed E-state index contributed by atoms with van der Waals surface area (Å²) in [4.78, 5) is 55.5. The van der Waals surface area contributed by atoms with Crippen LogP contribution in [-0.2, 0) is 27.2 Å². The summed E-state index contributed by atoms with van der Waals surface area (Å²) < 4.78 is 5.35. The number of anilines is 1. The second-order valence-electron chi connectivity index (χ2n) is 14.3. The van der Waals surface area contributed by atoms with Crippen molar-refractivity contribution in [3.63, 3.8) is 0 Å². The molecule has 2 amide bonds. The Hall–Kier alpha value is -5.19. The van der Waals surface area contributed by atoms with Crippen molar-refractivity contribution < 1.29 is 29.0 Å². The monoisotopic (exact) mass is 693 g/mol. The number of carboxylic acid groups (broad SMARTS) is 1. The minimum Gasteiger partial charge on any atom is -0.478 e. The highest BCUT2D eigenvalue weighted by Gasteiger charge is 2.31. The molecular formula is C40H47N5O6. The molecule has 0 bridgehead atoms. The van der Waals surface area contributed by atoms with Crippen LogP contribution in [0.15, 0.2) is 82.0 Å². The number of alkyl carbamates (subject to hydrolysis) is 1. The van der Waals surface area contributed by atoms with Gasteiger partial charge in [-0.05, 0) is 124 Å². The van der Waals surface area contributed by atoms with Gasteiger partial charge in [-0.3, -0.25) is 9.59 Å². The number of nitrogens with one attached hydrogen (secondary N) is 2. The average Bonchev–Trinajstić information content (AvgIpc) is 3.65. The van der Waals surface area contributed by atoms with E-state index >= 15 is 0 Å². The number of ketones is 1. The second-order valence-corrected chi connectivity index (χ2v) is 14.3. The molecule has 1 aliphatic heterocycles. The Kier molecular flexibility index (Phi) is 12.1. The topological polar surface area (TPSA) is 159 Å². The average molecular weight is 694 g/mol. The van der Waals surface area contributed by atoms with Gasteiger partial charge >= 0.3 is 12.1 Å². The maximum absolute atomic E-state index is 13.8. The molecule has 1 heterocycles. The van der Waals surface area contributed by atoms with Crippen LogP contribution in [0.4, 0.5) is 10.5 Å². The van der Waals surface area contributed by atoms with Crippen LogP contribution in [0.25, 0.3) is 11.1 Å². The van der Waals surface area contributed by atoms with Crippen molar-refractivity contribution in [3.05, 3.63) is 89.0 Å². The number of aryl methyl sites for hydroxylation is 1. The van der Waals surface area contributed by atoms with Gasteiger partial charge in [0, 0.05) is 36.1 Å². The van der Waals surface area contributed by atoms with Crippen LogP contribution in [0.3, 0.4) is 0 Å². The summed E-state index contributed by atoms with van der Waals surface area (Å²) in [6, 6.07) is 20.2. The molecule has 1 aliphatic carbocycles. The fourth-order valence-electron chi connectivity index (χ4n) is 6.61. The molecule has 3 N–H and O–H groups in total. The van der Waals surface area contributed by atoms with Crippen molar-refractivity contribution in [3.8, 4) is 11.1 Å². The van der Waals surface area contributed by atoms with E-state index in [0.717, 1.165) is 47.1 Å². The standard InChI is InChI=1S/C40H47N5O6/c1-5-27-14-15-31(38(48)49)21-34(27)28-10-6-25(7-11-28)20-32(37(47)44-33-18-16-30(17-19-33)36-42-24-43-45-36)22-35(46)29-12-8-26(9-13-29)23-41-39(50)51-40(2,3)4/h6-7,10-11,14-19,21,26,29,32H,5,8-9,12-13,20,22-24H2,1-4H3,(H,41,50)(H,44,47)(H,48,49)/t26?,29?,32-/m1/s1. The number of carbonyl (C=O) groups excluding carboxylic acids is 3. The van der Waals surface area contributed by atoms with Gasteiger partial charge < -0.3 is 20.5 Å². The van der Waals surface area contributed by atoms with Crippen molar-refractivity contribution in [2.24, 2.45) is 33.0 Å². The minimum atomic E-state index is -0.979. The molecule has 11 nitrogen and oxygen atoms in total. The molecule has 51 heavy (non-hydrogen) atoms. The Morgan fingerprint density at radius 1 is 0.922 bits per heavy atom. The normalized spacial score (nSPS) is 17.7. The maximum Gasteiger partial charge on any atom is 0.407 e. The van der Waals surface area contributed by atoms with Crippen LogP contribution in [-0.4, -0.2) is 53.5 Å². The van der Waals surface area contributed by atoms with Gasteiger partial charge in [0.25, 0.3) is 0 Å². The fraction of sp³-hybridized carbons (Fsp3) is 0.425. The van der Waals surface area contributed by atoms with Gasteiger partial charge in [0.1, 0.15) is 11.4 Å². The van der Waals surface area contributed by atoms with Gasteiger partial charge in [-0.15, -0.1) is 5.11 Å². The molecule has 3 aromatic rings. The van der Waals surface area contributed by atoms with Gasteiger partial charge in [-0.2, -0.15) is 5.11 Å². The first-order chi connectivity index (χ1) is 24.4. The Labute approximate surface area is 299 Å². The lowest BCUT2D eigenvalue weighted by Gasteiger charge is -2.29. The summed E-state index contributed by atoms with van der Waals surface area (Å²) in [5, 5.41) is 23.3. The highest BCUT2D eigenvalue weighted by atomic mass is 16.6. The Bertz CT molecular complexity index is 1790. The Morgan fingerprint density at radius 3 is 2.22 bits per heavy atom. The number of rotatable bonds is 13. The van der Waals surface area contributed by atoms with E-state index in [-0.39, 0.29) is 35.5 Å². The van der Waals surface area contributed by atoms with Gasteiger partial charge in [-0.25, -0.2) is 14.6 Å². The summed E-state index contributed by atoms with van der Waals surface area (Å²) in [6.45, 7) is 8.33. The van der Waals surface area contributed by atoms with Crippen molar-refractivity contribution in [1.82, 2.24) is 5.32 Å². The predicted octanol–water partition coefficient (Wildman–Crippen LogP) is 7.87. The number of carboxylic acids is 1. The van der Waals surface area contributed by atoms with Gasteiger partial charge in [0.05, 0.1) is 5.56 Å². The van der Waals surface area contributed by atoms with E-state index in [4.69, 9.17) is 4.74 Å². The van der Waals surface area contributed by atoms with E-state index in [0.29, 0.717) is 44.0 Å². The quantitative estimate of drug-likeness (QED) is 0.165. The number of aromatic carboxylic acids is 1. The second kappa shape index (κ2) is 16.7. The highest BCUT2D eigenvalue weighted by molar-refractivity contribution is 6.01. The zero-order valence-corrected chi connectivity index (χ0v) is 29.8. The lowest BCUT2D eigenvalue weighted by atomic mass is 9.77. The van der Waals surface area contributed by atoms with Crippen molar-refractivity contribution in [1.29, 1.82) is 0 Å². The van der Waals surface area contributed by atoms with E-state index in [9.17, 15) is 24.3 Å². The number of carbonyl (C=O) groups is 4. The van der Waals surface area contributed by atoms with Gasteiger partial charge in [-0.1, -0.05) is 37.3 Å². The fourth-order valence-corrected chi connectivity index (χ4v) is 6.61. The minimum absolute atomic E-state index is 0.0725. The number of hydrogen-bond acceptors (Lipinski definition) is 8. The number of hydrogen-bond donors (Lipinski definition) is 3. The molecule has 11 heteroatoms. The van der Waals surface area contributed by atoms with Gasteiger partial charge in [0.15, 0.2) is 12.5 Å². The SMILES string of the molecule is CCc1ccc(C(=O)O)cc1-c1ccc(C[C@H](CC(=O)C2CCC(CNC(=O)OC(C)(C)C)CC2)C(=O)Nc2ccc(C3=NCN=N3)cc2)cc1. The van der Waals surface area contributed by atoms with Crippen LogP contribution < -0.4 is 10.6 Å². The smallest absolute Gasteiger partial charge is 0.407 e. The number of Topliss-reactive ketones (excluding diaryl/α,β-unsaturated/α-hetero) is 1. The predicted molar refractivity (Wildman–Crippen MR) is 196 cm³/mol. The van der Waals surface area contributed by atoms with Crippen LogP contribution in [0.2, 0.25) is 0 Å². The summed E-state index contributed by atoms with van der Waals surface area (Å²) in [7, 11) is 0. The van der Waals surface area contributed by atoms with Crippen LogP contribution in [0.1, 0.15) is 86.8 Å². The third kappa shape index (κ3) is 10.4. The molecule has 1 atom stereocenters. The molecule has 3 aromatic carbocycles. The van der Waals surface area contributed by atoms with Crippen LogP contribution in [0, 0.1) is 17.8 Å². The summed E-state index contributed by atoms with van der Waals surface area (Å²) >= 11 is 0. The molecule has 0 radical (unpaired) electrons. The lowest BCUT2D eigenvalue weighted by Crippen LogP contribution is -2.37. The number of azo groups is 1. The third-order valence-corrected chi connectivity index (χ3v) is 9.40. The summed E-state index contributed by atoms with van der Waals surface area (Å²) in [5.41, 5.74) is 4.76. The first kappa shape index (κ1) is 37.1. The van der Waals surface area contributed by atoms with E-state index < -0.39 is 23.6 Å². The van der Waals surface area contributed by atoms with Crippen molar-refractivity contribution in [2.45, 2.75) is 78.2 Å². The van der Waals surface area contributed by atoms with Crippen molar-refractivity contribution in [2.75, 3.05) is 18.5 Å². The molecule has 0 saturated heterocycles. The number of benzene rings is 3. The summed E-state index contributed by atoms with van der Waals surface area (Å²) in [6.07, 6.45) is 3.82. The van der Waals surface area contributed by atoms with E-state index in [1.807, 2.05) is 70.2 Å². The molecule has 268 valence electrons. The lowest BCUT2D eigenvalue weighted by molar-refractivity contribution is -0.129. The zero-order valence-electron chi connectivity index (χ0n) is 29.8. The van der Waals surface area contributed by atoms with E-state index in [1.165, 1.54) is 0 Å². The van der Waals surface area contributed by atoms with Crippen LogP contribution in [0.5, 0.6) is 0 Å². The summed E-state index contributed by atoms with van der Waals surface area (Å²) in [5.74, 6) is -1.08. The number of aliphatic imine (C=N–C) groups is 1. The van der Waals surface area contributed by atoms with Gasteiger partial charge in [0.2, 0.25) is 5.91 Å². The van der Waals surface area contributed by atoms with Crippen molar-refractivity contribution >= 4 is 35.3 Å². The number of amides is 2. The molecule has 2 aliphatic rings. The first-order valence-electron chi connectivity index (χ1n) is 17.7. The molecule has 0 aromatic heterocycles. The maximum atomic E-state index is 13.8. The molecule has 0 spiro atoms. The third-order valence-electron chi connectivity index (χ3n) is 9.40. The number of ether oxygens (including phenoxy) is 1. The van der Waals surface area contributed by atoms with Crippen LogP contribution >= 0.6 is 0 Å². The zero-order chi connectivity index (χ0) is 36.5. The molecular weight excluding hydrogens is 646 g/mol. The first-order valence-corrected chi connectivity index (χ1v) is 17.7. The molecule has 0 unspecified atom stereocenters.